The summed E-state index contributed by atoms with van der Waals surface area (Å²) in [7, 11) is 0. The molecule has 1 amide bonds. The van der Waals surface area contributed by atoms with E-state index in [0.29, 0.717) is 17.0 Å². The van der Waals surface area contributed by atoms with Crippen LogP contribution in [0.4, 0.5) is 0 Å². The Kier molecular flexibility index (Phi) is 5.62. The summed E-state index contributed by atoms with van der Waals surface area (Å²) in [6, 6.07) is -0.710. The Morgan fingerprint density at radius 3 is 2.60 bits per heavy atom. The topological polar surface area (TPSA) is 81.2 Å². The van der Waals surface area contributed by atoms with Gasteiger partial charge < -0.3 is 10.1 Å². The van der Waals surface area contributed by atoms with Gasteiger partial charge in [0.2, 0.25) is 0 Å². The highest BCUT2D eigenvalue weighted by atomic mass is 32.1. The van der Waals surface area contributed by atoms with Crippen LogP contribution in [0.25, 0.3) is 0 Å². The first-order valence-corrected chi connectivity index (χ1v) is 7.37. The fourth-order valence-electron chi connectivity index (χ4n) is 1.49. The van der Waals surface area contributed by atoms with Crippen LogP contribution in [0.1, 0.15) is 56.4 Å². The van der Waals surface area contributed by atoms with Crippen LogP contribution >= 0.6 is 11.5 Å². The van der Waals surface area contributed by atoms with Gasteiger partial charge in [0.1, 0.15) is 16.5 Å². The number of hydrogen-bond donors (Lipinski definition) is 1. The van der Waals surface area contributed by atoms with Crippen LogP contribution in [-0.2, 0) is 16.0 Å². The second kappa shape index (κ2) is 6.78. The van der Waals surface area contributed by atoms with Crippen molar-refractivity contribution in [3.05, 3.63) is 10.6 Å². The van der Waals surface area contributed by atoms with Crippen molar-refractivity contribution in [3.8, 4) is 0 Å². The van der Waals surface area contributed by atoms with E-state index in [-0.39, 0.29) is 5.91 Å². The van der Waals surface area contributed by atoms with Gasteiger partial charge >= 0.3 is 5.97 Å². The third-order valence-electron chi connectivity index (χ3n) is 2.36. The van der Waals surface area contributed by atoms with Crippen molar-refractivity contribution in [2.24, 2.45) is 0 Å². The van der Waals surface area contributed by atoms with Crippen LogP contribution in [0.5, 0.6) is 0 Å². The van der Waals surface area contributed by atoms with Gasteiger partial charge in [0, 0.05) is 0 Å². The smallest absolute Gasteiger partial charge is 0.328 e. The van der Waals surface area contributed by atoms with E-state index in [4.69, 9.17) is 4.74 Å². The van der Waals surface area contributed by atoms with E-state index in [2.05, 4.69) is 14.9 Å². The fourth-order valence-corrected chi connectivity index (χ4v) is 2.10. The van der Waals surface area contributed by atoms with Gasteiger partial charge in [0.25, 0.3) is 5.91 Å². The van der Waals surface area contributed by atoms with Crippen molar-refractivity contribution < 1.29 is 14.3 Å². The molecule has 0 unspecified atom stereocenters. The van der Waals surface area contributed by atoms with E-state index in [1.54, 1.807) is 27.7 Å². The molecule has 0 bridgehead atoms. The maximum Gasteiger partial charge on any atom is 0.328 e. The number of ether oxygens (including phenoxy) is 1. The second-order valence-electron chi connectivity index (χ2n) is 5.53. The van der Waals surface area contributed by atoms with E-state index < -0.39 is 17.6 Å². The third kappa shape index (κ3) is 4.88. The molecule has 0 radical (unpaired) electrons. The molecule has 0 fully saturated rings. The molecule has 7 heteroatoms. The molecule has 0 aliphatic rings. The Morgan fingerprint density at radius 1 is 1.40 bits per heavy atom. The van der Waals surface area contributed by atoms with Crippen LogP contribution < -0.4 is 5.32 Å². The zero-order chi connectivity index (χ0) is 15.3. The maximum absolute atomic E-state index is 12.1. The van der Waals surface area contributed by atoms with Crippen LogP contribution in [0, 0.1) is 0 Å². The molecule has 0 saturated carbocycles. The van der Waals surface area contributed by atoms with Crippen LogP contribution in [-0.4, -0.2) is 33.1 Å². The molecule has 1 rings (SSSR count). The SMILES string of the molecule is CCCc1nnsc1C(=O)N[C@H](C)C(=O)OC(C)(C)C. The average molecular weight is 299 g/mol. The van der Waals surface area contributed by atoms with Crippen LogP contribution in [0.15, 0.2) is 0 Å². The maximum atomic E-state index is 12.1. The molecular formula is C13H21N3O3S. The Bertz CT molecular complexity index is 479. The lowest BCUT2D eigenvalue weighted by Crippen LogP contribution is -2.42. The normalized spacial score (nSPS) is 12.8. The molecule has 1 atom stereocenters. The molecule has 0 aliphatic heterocycles. The standard InChI is InChI=1S/C13H21N3O3S/c1-6-7-9-10(20-16-15-9)11(17)14-8(2)12(18)19-13(3,4)5/h8H,6-7H2,1-5H3,(H,14,17)/t8-/m1/s1. The summed E-state index contributed by atoms with van der Waals surface area (Å²) in [5.74, 6) is -0.790. The Hall–Kier alpha value is -1.50. The lowest BCUT2D eigenvalue weighted by Gasteiger charge is -2.22. The van der Waals surface area contributed by atoms with Crippen LogP contribution in [0.2, 0.25) is 0 Å². The molecule has 1 heterocycles. The third-order valence-corrected chi connectivity index (χ3v) is 3.12. The molecule has 1 aromatic rings. The summed E-state index contributed by atoms with van der Waals surface area (Å²) >= 11 is 1.04. The number of rotatable bonds is 5. The van der Waals surface area contributed by atoms with Crippen molar-refractivity contribution in [2.75, 3.05) is 0 Å². The van der Waals surface area contributed by atoms with Gasteiger partial charge in [-0.2, -0.15) is 0 Å². The summed E-state index contributed by atoms with van der Waals surface area (Å²) < 4.78 is 9.00. The van der Waals surface area contributed by atoms with Crippen molar-refractivity contribution in [1.82, 2.24) is 14.9 Å². The highest BCUT2D eigenvalue weighted by Gasteiger charge is 2.25. The average Bonchev–Trinajstić information content (AvgIpc) is 2.75. The molecule has 112 valence electrons. The van der Waals surface area contributed by atoms with Gasteiger partial charge in [-0.15, -0.1) is 5.10 Å². The quantitative estimate of drug-likeness (QED) is 0.840. The van der Waals surface area contributed by atoms with Crippen molar-refractivity contribution in [1.29, 1.82) is 0 Å². The number of carbonyl (C=O) groups excluding carboxylic acids is 2. The summed E-state index contributed by atoms with van der Waals surface area (Å²) in [5.41, 5.74) is 0.0987. The monoisotopic (exact) mass is 299 g/mol. The first kappa shape index (κ1) is 16.6. The number of carbonyl (C=O) groups is 2. The van der Waals surface area contributed by atoms with E-state index in [0.717, 1.165) is 18.0 Å². The predicted octanol–water partition coefficient (Wildman–Crippen LogP) is 1.95. The van der Waals surface area contributed by atoms with Gasteiger partial charge in [-0.05, 0) is 45.6 Å². The van der Waals surface area contributed by atoms with Gasteiger partial charge in [0.15, 0.2) is 0 Å². The Labute approximate surface area is 123 Å². The Balaban J connectivity index is 2.65. The lowest BCUT2D eigenvalue weighted by molar-refractivity contribution is -0.156. The molecule has 20 heavy (non-hydrogen) atoms. The minimum atomic E-state index is -0.710. The van der Waals surface area contributed by atoms with E-state index in [1.807, 2.05) is 6.92 Å². The Morgan fingerprint density at radius 2 is 2.05 bits per heavy atom. The zero-order valence-electron chi connectivity index (χ0n) is 12.5. The van der Waals surface area contributed by atoms with Gasteiger partial charge in [-0.25, -0.2) is 4.79 Å². The second-order valence-corrected chi connectivity index (χ2v) is 6.28. The molecule has 0 saturated heterocycles. The first-order valence-electron chi connectivity index (χ1n) is 6.59. The summed E-state index contributed by atoms with van der Waals surface area (Å²) in [4.78, 5) is 24.4. The highest BCUT2D eigenvalue weighted by molar-refractivity contribution is 7.08. The number of nitrogens with one attached hydrogen (secondary N) is 1. The summed E-state index contributed by atoms with van der Waals surface area (Å²) in [6.45, 7) is 8.95. The zero-order valence-corrected chi connectivity index (χ0v) is 13.3. The lowest BCUT2D eigenvalue weighted by atomic mass is 10.2. The van der Waals surface area contributed by atoms with Crippen LogP contribution in [0.3, 0.4) is 0 Å². The van der Waals surface area contributed by atoms with E-state index in [9.17, 15) is 9.59 Å². The minimum Gasteiger partial charge on any atom is -0.458 e. The summed E-state index contributed by atoms with van der Waals surface area (Å²) in [6.07, 6.45) is 1.58. The number of amides is 1. The molecule has 6 nitrogen and oxygen atoms in total. The van der Waals surface area contributed by atoms with Crippen molar-refractivity contribution >= 4 is 23.4 Å². The molecule has 0 spiro atoms. The van der Waals surface area contributed by atoms with Gasteiger partial charge in [-0.1, -0.05) is 17.8 Å². The molecule has 0 aliphatic carbocycles. The largest absolute Gasteiger partial charge is 0.458 e. The van der Waals surface area contributed by atoms with Crippen molar-refractivity contribution in [3.63, 3.8) is 0 Å². The predicted molar refractivity (Wildman–Crippen MR) is 76.7 cm³/mol. The van der Waals surface area contributed by atoms with E-state index in [1.165, 1.54) is 0 Å². The highest BCUT2D eigenvalue weighted by Crippen LogP contribution is 2.13. The molecule has 1 aromatic heterocycles. The number of aromatic nitrogens is 2. The van der Waals surface area contributed by atoms with Gasteiger partial charge in [-0.3, -0.25) is 4.79 Å². The molecule has 0 aromatic carbocycles. The fraction of sp³-hybridized carbons (Fsp3) is 0.692. The van der Waals surface area contributed by atoms with Gasteiger partial charge in [0.05, 0.1) is 5.69 Å². The number of aryl methyl sites for hydroxylation is 1. The van der Waals surface area contributed by atoms with E-state index >= 15 is 0 Å². The number of esters is 1. The van der Waals surface area contributed by atoms with Crippen molar-refractivity contribution in [2.45, 2.75) is 59.1 Å². The molecule has 1 N–H and O–H groups in total. The first-order chi connectivity index (χ1) is 9.24. The number of hydrogen-bond acceptors (Lipinski definition) is 6. The minimum absolute atomic E-state index is 0.332. The molecular weight excluding hydrogens is 278 g/mol. The summed E-state index contributed by atoms with van der Waals surface area (Å²) in [5, 5.41) is 6.55. The number of nitrogens with zero attached hydrogens (tertiary/aromatic N) is 2.